The summed E-state index contributed by atoms with van der Waals surface area (Å²) in [6, 6.07) is 7.96. The molecule has 1 aromatic carbocycles. The smallest absolute Gasteiger partial charge is 0.227 e. The van der Waals surface area contributed by atoms with Crippen molar-refractivity contribution in [2.75, 3.05) is 12.4 Å². The van der Waals surface area contributed by atoms with Gasteiger partial charge in [0, 0.05) is 18.2 Å². The van der Waals surface area contributed by atoms with Crippen LogP contribution in [0, 0.1) is 5.92 Å². The van der Waals surface area contributed by atoms with E-state index in [4.69, 9.17) is 0 Å². The average molecular weight is 204 g/mol. The highest BCUT2D eigenvalue weighted by Crippen LogP contribution is 2.30. The molecule has 0 unspecified atom stereocenters. The zero-order chi connectivity index (χ0) is 10.7. The number of amides is 1. The van der Waals surface area contributed by atoms with Crippen molar-refractivity contribution in [3.63, 3.8) is 0 Å². The fourth-order valence-corrected chi connectivity index (χ4v) is 1.50. The highest BCUT2D eigenvalue weighted by Gasteiger charge is 2.29. The fourth-order valence-electron chi connectivity index (χ4n) is 1.50. The van der Waals surface area contributed by atoms with Gasteiger partial charge in [0.15, 0.2) is 0 Å². The molecule has 1 aliphatic rings. The van der Waals surface area contributed by atoms with Gasteiger partial charge in [-0.15, -0.1) is 0 Å². The van der Waals surface area contributed by atoms with Crippen LogP contribution in [-0.4, -0.2) is 13.0 Å². The monoisotopic (exact) mass is 204 g/mol. The van der Waals surface area contributed by atoms with Gasteiger partial charge >= 0.3 is 0 Å². The summed E-state index contributed by atoms with van der Waals surface area (Å²) < 4.78 is 0. The highest BCUT2D eigenvalue weighted by molar-refractivity contribution is 5.93. The maximum absolute atomic E-state index is 11.5. The molecule has 15 heavy (non-hydrogen) atoms. The molecule has 1 aromatic rings. The van der Waals surface area contributed by atoms with E-state index in [1.54, 1.807) is 0 Å². The molecule has 2 rings (SSSR count). The van der Waals surface area contributed by atoms with Crippen LogP contribution in [0.2, 0.25) is 0 Å². The van der Waals surface area contributed by atoms with E-state index in [1.807, 2.05) is 31.3 Å². The van der Waals surface area contributed by atoms with Gasteiger partial charge in [-0.1, -0.05) is 12.1 Å². The van der Waals surface area contributed by atoms with E-state index in [0.717, 1.165) is 25.1 Å². The molecule has 0 aromatic heterocycles. The van der Waals surface area contributed by atoms with Crippen LogP contribution in [0.4, 0.5) is 5.69 Å². The molecule has 3 heteroatoms. The average Bonchev–Trinajstić information content (AvgIpc) is 3.04. The van der Waals surface area contributed by atoms with Crippen molar-refractivity contribution in [3.05, 3.63) is 29.8 Å². The number of carbonyl (C=O) groups excluding carboxylic acids is 1. The molecule has 1 fully saturated rings. The first-order valence-electron chi connectivity index (χ1n) is 5.34. The summed E-state index contributed by atoms with van der Waals surface area (Å²) in [4.78, 5) is 11.5. The second-order valence-corrected chi connectivity index (χ2v) is 3.99. The van der Waals surface area contributed by atoms with Crippen molar-refractivity contribution in [3.8, 4) is 0 Å². The largest absolute Gasteiger partial charge is 0.326 e. The third-order valence-corrected chi connectivity index (χ3v) is 2.55. The Hall–Kier alpha value is -1.35. The van der Waals surface area contributed by atoms with Gasteiger partial charge in [0.2, 0.25) is 5.91 Å². The van der Waals surface area contributed by atoms with Gasteiger partial charge in [-0.05, 0) is 37.6 Å². The number of rotatable bonds is 4. The van der Waals surface area contributed by atoms with Crippen LogP contribution < -0.4 is 10.6 Å². The Morgan fingerprint density at radius 2 is 2.00 bits per heavy atom. The van der Waals surface area contributed by atoms with Crippen LogP contribution in [0.5, 0.6) is 0 Å². The van der Waals surface area contributed by atoms with E-state index in [0.29, 0.717) is 0 Å². The summed E-state index contributed by atoms with van der Waals surface area (Å²) in [6.07, 6.45) is 2.09. The maximum Gasteiger partial charge on any atom is 0.227 e. The molecule has 0 spiro atoms. The second kappa shape index (κ2) is 4.45. The minimum Gasteiger partial charge on any atom is -0.326 e. The highest BCUT2D eigenvalue weighted by atomic mass is 16.2. The number of hydrogen-bond acceptors (Lipinski definition) is 2. The third kappa shape index (κ3) is 2.80. The topological polar surface area (TPSA) is 41.1 Å². The number of benzene rings is 1. The standard InChI is InChI=1S/C12H16N2O/c1-13-8-9-2-6-11(7-3-9)14-12(15)10-4-5-10/h2-3,6-7,10,13H,4-5,8H2,1H3,(H,14,15). The lowest BCUT2D eigenvalue weighted by molar-refractivity contribution is -0.117. The molecule has 1 amide bonds. The van der Waals surface area contributed by atoms with Gasteiger partial charge in [0.25, 0.3) is 0 Å². The normalized spacial score (nSPS) is 15.0. The number of carbonyl (C=O) groups is 1. The minimum atomic E-state index is 0.163. The van der Waals surface area contributed by atoms with E-state index < -0.39 is 0 Å². The van der Waals surface area contributed by atoms with E-state index in [9.17, 15) is 4.79 Å². The van der Waals surface area contributed by atoms with E-state index in [2.05, 4.69) is 10.6 Å². The molecule has 0 radical (unpaired) electrons. The maximum atomic E-state index is 11.5. The van der Waals surface area contributed by atoms with Crippen LogP contribution in [0.15, 0.2) is 24.3 Å². The second-order valence-electron chi connectivity index (χ2n) is 3.99. The zero-order valence-corrected chi connectivity index (χ0v) is 8.92. The van der Waals surface area contributed by atoms with Crippen molar-refractivity contribution < 1.29 is 4.79 Å². The lowest BCUT2D eigenvalue weighted by atomic mass is 10.2. The molecule has 1 aliphatic carbocycles. The first-order valence-corrected chi connectivity index (χ1v) is 5.34. The summed E-state index contributed by atoms with van der Waals surface area (Å²) >= 11 is 0. The van der Waals surface area contributed by atoms with Crippen LogP contribution in [0.3, 0.4) is 0 Å². The zero-order valence-electron chi connectivity index (χ0n) is 8.92. The summed E-state index contributed by atoms with van der Waals surface area (Å²) in [5.41, 5.74) is 2.12. The molecule has 1 saturated carbocycles. The molecule has 0 heterocycles. The molecule has 3 nitrogen and oxygen atoms in total. The van der Waals surface area contributed by atoms with Gasteiger partial charge < -0.3 is 10.6 Å². The van der Waals surface area contributed by atoms with Crippen molar-refractivity contribution in [2.45, 2.75) is 19.4 Å². The van der Waals surface area contributed by atoms with Crippen molar-refractivity contribution >= 4 is 11.6 Å². The van der Waals surface area contributed by atoms with Crippen molar-refractivity contribution in [1.82, 2.24) is 5.32 Å². The Labute approximate surface area is 89.9 Å². The lowest BCUT2D eigenvalue weighted by Crippen LogP contribution is -2.13. The van der Waals surface area contributed by atoms with Crippen LogP contribution in [0.1, 0.15) is 18.4 Å². The molecule has 80 valence electrons. The summed E-state index contributed by atoms with van der Waals surface area (Å²) in [7, 11) is 1.92. The third-order valence-electron chi connectivity index (χ3n) is 2.55. The van der Waals surface area contributed by atoms with Gasteiger partial charge in [-0.25, -0.2) is 0 Å². The molecule has 0 bridgehead atoms. The Morgan fingerprint density at radius 3 is 2.53 bits per heavy atom. The van der Waals surface area contributed by atoms with Gasteiger partial charge in [-0.2, -0.15) is 0 Å². The molecular weight excluding hydrogens is 188 g/mol. The van der Waals surface area contributed by atoms with Crippen LogP contribution >= 0.6 is 0 Å². The number of hydrogen-bond donors (Lipinski definition) is 2. The van der Waals surface area contributed by atoms with Crippen LogP contribution in [-0.2, 0) is 11.3 Å². The van der Waals surface area contributed by atoms with Crippen molar-refractivity contribution in [2.24, 2.45) is 5.92 Å². The molecule has 0 atom stereocenters. The Morgan fingerprint density at radius 1 is 1.33 bits per heavy atom. The summed E-state index contributed by atoms with van der Waals surface area (Å²) in [6.45, 7) is 0.858. The van der Waals surface area contributed by atoms with Crippen molar-refractivity contribution in [1.29, 1.82) is 0 Å². The number of nitrogens with one attached hydrogen (secondary N) is 2. The van der Waals surface area contributed by atoms with E-state index >= 15 is 0 Å². The first kappa shape index (κ1) is 10.2. The molecular formula is C12H16N2O. The van der Waals surface area contributed by atoms with Gasteiger partial charge in [0.05, 0.1) is 0 Å². The Kier molecular flexibility index (Phi) is 3.02. The van der Waals surface area contributed by atoms with E-state index in [1.165, 1.54) is 5.56 Å². The quantitative estimate of drug-likeness (QED) is 0.784. The summed E-state index contributed by atoms with van der Waals surface area (Å²) in [5.74, 6) is 0.429. The Bertz CT molecular complexity index is 341. The molecule has 0 aliphatic heterocycles. The molecule has 0 saturated heterocycles. The minimum absolute atomic E-state index is 0.163. The first-order chi connectivity index (χ1) is 7.29. The van der Waals surface area contributed by atoms with E-state index in [-0.39, 0.29) is 11.8 Å². The lowest BCUT2D eigenvalue weighted by Gasteiger charge is -2.05. The van der Waals surface area contributed by atoms with Gasteiger partial charge in [0.1, 0.15) is 0 Å². The van der Waals surface area contributed by atoms with Crippen LogP contribution in [0.25, 0.3) is 0 Å². The predicted octanol–water partition coefficient (Wildman–Crippen LogP) is 1.75. The predicted molar refractivity (Wildman–Crippen MR) is 60.6 cm³/mol. The van der Waals surface area contributed by atoms with Gasteiger partial charge in [-0.3, -0.25) is 4.79 Å². The summed E-state index contributed by atoms with van der Waals surface area (Å²) in [5, 5.41) is 6.00. The Balaban J connectivity index is 1.94. The molecule has 2 N–H and O–H groups in total. The fraction of sp³-hybridized carbons (Fsp3) is 0.417. The number of anilines is 1. The SMILES string of the molecule is CNCc1ccc(NC(=O)C2CC2)cc1.